The molecule has 1 aromatic carbocycles. The van der Waals surface area contributed by atoms with Crippen LogP contribution < -0.4 is 5.56 Å². The van der Waals surface area contributed by atoms with E-state index >= 15 is 0 Å². The normalized spacial score (nSPS) is 11.5. The number of carbonyl (C=O) groups excluding carboxylic acids is 1. The first-order chi connectivity index (χ1) is 10.2. The molecular formula is C16H14F3NO2. The van der Waals surface area contributed by atoms with E-state index in [1.54, 1.807) is 19.1 Å². The smallest absolute Gasteiger partial charge is 0.307 e. The number of rotatable bonds is 3. The molecule has 3 nitrogen and oxygen atoms in total. The quantitative estimate of drug-likeness (QED) is 0.816. The van der Waals surface area contributed by atoms with Crippen LogP contribution in [0.3, 0.4) is 0 Å². The molecule has 0 aliphatic rings. The van der Waals surface area contributed by atoms with E-state index in [0.29, 0.717) is 17.8 Å². The maximum Gasteiger partial charge on any atom is 0.417 e. The third-order valence-corrected chi connectivity index (χ3v) is 3.31. The Hall–Kier alpha value is -2.37. The van der Waals surface area contributed by atoms with Gasteiger partial charge in [-0.1, -0.05) is 23.8 Å². The molecule has 0 radical (unpaired) electrons. The Morgan fingerprint density at radius 3 is 2.41 bits per heavy atom. The molecule has 0 saturated carbocycles. The summed E-state index contributed by atoms with van der Waals surface area (Å²) in [5.41, 5.74) is 0.497. The van der Waals surface area contributed by atoms with Gasteiger partial charge in [-0.05, 0) is 25.5 Å². The lowest BCUT2D eigenvalue weighted by Gasteiger charge is -2.11. The summed E-state index contributed by atoms with van der Waals surface area (Å²) in [5, 5.41) is 0. The van der Waals surface area contributed by atoms with Crippen molar-refractivity contribution in [2.45, 2.75) is 26.6 Å². The molecule has 2 rings (SSSR count). The Labute approximate surface area is 125 Å². The standard InChI is InChI=1S/C16H14F3NO2/c1-10-3-5-13(11(2)7-10)14(21)9-20-8-12(16(17,18)19)4-6-15(20)22/h3-8H,9H2,1-2H3. The third kappa shape index (κ3) is 3.44. The lowest BCUT2D eigenvalue weighted by molar-refractivity contribution is -0.138. The molecule has 0 atom stereocenters. The third-order valence-electron chi connectivity index (χ3n) is 3.31. The Morgan fingerprint density at radius 2 is 1.82 bits per heavy atom. The van der Waals surface area contributed by atoms with Gasteiger partial charge in [0.05, 0.1) is 12.1 Å². The van der Waals surface area contributed by atoms with Gasteiger partial charge in [-0.2, -0.15) is 13.2 Å². The second-order valence-corrected chi connectivity index (χ2v) is 5.12. The van der Waals surface area contributed by atoms with E-state index in [0.717, 1.165) is 21.8 Å². The molecule has 6 heteroatoms. The highest BCUT2D eigenvalue weighted by Gasteiger charge is 2.31. The number of hydrogen-bond acceptors (Lipinski definition) is 2. The van der Waals surface area contributed by atoms with E-state index in [9.17, 15) is 22.8 Å². The van der Waals surface area contributed by atoms with Gasteiger partial charge in [0.25, 0.3) is 5.56 Å². The van der Waals surface area contributed by atoms with Crippen LogP contribution in [0.4, 0.5) is 13.2 Å². The van der Waals surface area contributed by atoms with Crippen molar-refractivity contribution in [3.05, 3.63) is 69.1 Å². The monoisotopic (exact) mass is 309 g/mol. The van der Waals surface area contributed by atoms with Gasteiger partial charge in [-0.15, -0.1) is 0 Å². The molecule has 0 N–H and O–H groups in total. The number of ketones is 1. The Kier molecular flexibility index (Phi) is 4.21. The molecule has 0 aliphatic carbocycles. The zero-order valence-electron chi connectivity index (χ0n) is 12.1. The number of halogens is 3. The summed E-state index contributed by atoms with van der Waals surface area (Å²) in [6, 6.07) is 6.70. The van der Waals surface area contributed by atoms with Gasteiger partial charge in [0.1, 0.15) is 0 Å². The fraction of sp³-hybridized carbons (Fsp3) is 0.250. The van der Waals surface area contributed by atoms with Crippen LogP contribution in [0.15, 0.2) is 41.3 Å². The highest BCUT2D eigenvalue weighted by Crippen LogP contribution is 2.28. The first-order valence-electron chi connectivity index (χ1n) is 6.56. The van der Waals surface area contributed by atoms with Crippen molar-refractivity contribution in [1.29, 1.82) is 0 Å². The lowest BCUT2D eigenvalue weighted by atomic mass is 10.0. The van der Waals surface area contributed by atoms with Crippen LogP contribution in [0.5, 0.6) is 0 Å². The molecule has 116 valence electrons. The van der Waals surface area contributed by atoms with Crippen LogP contribution in [-0.4, -0.2) is 10.4 Å². The summed E-state index contributed by atoms with van der Waals surface area (Å²) in [7, 11) is 0. The largest absolute Gasteiger partial charge is 0.417 e. The summed E-state index contributed by atoms with van der Waals surface area (Å²) in [6.07, 6.45) is -3.89. The molecule has 1 heterocycles. The fourth-order valence-corrected chi connectivity index (χ4v) is 2.19. The van der Waals surface area contributed by atoms with E-state index in [-0.39, 0.29) is 0 Å². The van der Waals surface area contributed by atoms with E-state index in [4.69, 9.17) is 0 Å². The van der Waals surface area contributed by atoms with Gasteiger partial charge in [-0.3, -0.25) is 9.59 Å². The minimum atomic E-state index is -4.56. The molecule has 22 heavy (non-hydrogen) atoms. The molecule has 0 amide bonds. The minimum Gasteiger partial charge on any atom is -0.307 e. The van der Waals surface area contributed by atoms with Crippen LogP contribution in [0.25, 0.3) is 0 Å². The SMILES string of the molecule is Cc1ccc(C(=O)Cn2cc(C(F)(F)F)ccc2=O)c(C)c1. The van der Waals surface area contributed by atoms with Gasteiger partial charge in [0.15, 0.2) is 5.78 Å². The van der Waals surface area contributed by atoms with E-state index < -0.39 is 29.6 Å². The van der Waals surface area contributed by atoms with Crippen molar-refractivity contribution in [3.63, 3.8) is 0 Å². The topological polar surface area (TPSA) is 39.1 Å². The average Bonchev–Trinajstić information content (AvgIpc) is 2.39. The van der Waals surface area contributed by atoms with Crippen molar-refractivity contribution in [3.8, 4) is 0 Å². The molecule has 2 aromatic rings. The first-order valence-corrected chi connectivity index (χ1v) is 6.56. The highest BCUT2D eigenvalue weighted by molar-refractivity contribution is 5.97. The minimum absolute atomic E-state index is 0.398. The predicted octanol–water partition coefficient (Wildman–Crippen LogP) is 3.37. The molecule has 0 spiro atoms. The van der Waals surface area contributed by atoms with Gasteiger partial charge < -0.3 is 4.57 Å². The summed E-state index contributed by atoms with van der Waals surface area (Å²) < 4.78 is 38.8. The number of alkyl halides is 3. The second-order valence-electron chi connectivity index (χ2n) is 5.12. The van der Waals surface area contributed by atoms with Crippen LogP contribution in [-0.2, 0) is 12.7 Å². The summed E-state index contributed by atoms with van der Waals surface area (Å²) in [4.78, 5) is 23.9. The second kappa shape index (κ2) is 5.79. The number of benzene rings is 1. The molecule has 0 bridgehead atoms. The fourth-order valence-electron chi connectivity index (χ4n) is 2.19. The van der Waals surface area contributed by atoms with Crippen molar-refractivity contribution in [2.24, 2.45) is 0 Å². The number of aromatic nitrogens is 1. The van der Waals surface area contributed by atoms with Crippen molar-refractivity contribution >= 4 is 5.78 Å². The summed E-state index contributed by atoms with van der Waals surface area (Å²) in [5.74, 6) is -0.404. The number of pyridine rings is 1. The van der Waals surface area contributed by atoms with Crippen LogP contribution in [0, 0.1) is 13.8 Å². The van der Waals surface area contributed by atoms with Crippen LogP contribution >= 0.6 is 0 Å². The molecule has 0 saturated heterocycles. The zero-order valence-corrected chi connectivity index (χ0v) is 12.1. The lowest BCUT2D eigenvalue weighted by Crippen LogP contribution is -2.25. The summed E-state index contributed by atoms with van der Waals surface area (Å²) in [6.45, 7) is 3.19. The van der Waals surface area contributed by atoms with E-state index in [1.807, 2.05) is 13.0 Å². The van der Waals surface area contributed by atoms with Crippen molar-refractivity contribution in [2.75, 3.05) is 0 Å². The molecular weight excluding hydrogens is 295 g/mol. The van der Waals surface area contributed by atoms with Crippen LogP contribution in [0.1, 0.15) is 27.0 Å². The molecule has 1 aromatic heterocycles. The predicted molar refractivity (Wildman–Crippen MR) is 76.0 cm³/mol. The van der Waals surface area contributed by atoms with Crippen LogP contribution in [0.2, 0.25) is 0 Å². The van der Waals surface area contributed by atoms with E-state index in [1.165, 1.54) is 0 Å². The first kappa shape index (κ1) is 16.0. The molecule has 0 aliphatic heterocycles. The zero-order chi connectivity index (χ0) is 16.5. The number of hydrogen-bond donors (Lipinski definition) is 0. The van der Waals surface area contributed by atoms with Gasteiger partial charge in [0.2, 0.25) is 0 Å². The van der Waals surface area contributed by atoms with Gasteiger partial charge >= 0.3 is 6.18 Å². The number of Topliss-reactive ketones (excluding diaryl/α,β-unsaturated/α-hetero) is 1. The maximum atomic E-state index is 12.7. The number of aryl methyl sites for hydroxylation is 2. The van der Waals surface area contributed by atoms with Crippen molar-refractivity contribution in [1.82, 2.24) is 4.57 Å². The van der Waals surface area contributed by atoms with Gasteiger partial charge in [0, 0.05) is 17.8 Å². The number of carbonyl (C=O) groups is 1. The number of nitrogens with zero attached hydrogens (tertiary/aromatic N) is 1. The van der Waals surface area contributed by atoms with E-state index in [2.05, 4.69) is 0 Å². The maximum absolute atomic E-state index is 12.7. The molecule has 0 fully saturated rings. The Bertz CT molecular complexity index is 776. The average molecular weight is 309 g/mol. The van der Waals surface area contributed by atoms with Gasteiger partial charge in [-0.25, -0.2) is 0 Å². The Balaban J connectivity index is 2.34. The summed E-state index contributed by atoms with van der Waals surface area (Å²) >= 11 is 0. The Morgan fingerprint density at radius 1 is 1.14 bits per heavy atom. The molecule has 0 unspecified atom stereocenters. The van der Waals surface area contributed by atoms with Crippen molar-refractivity contribution < 1.29 is 18.0 Å². The highest BCUT2D eigenvalue weighted by atomic mass is 19.4.